The second kappa shape index (κ2) is 11.5. The smallest absolute Gasteiger partial charge is 0.138 e. The molecular formula is C25H28N2O5. The summed E-state index contributed by atoms with van der Waals surface area (Å²) in [5, 5.41) is 37.7. The van der Waals surface area contributed by atoms with E-state index in [0.717, 1.165) is 16.7 Å². The normalized spacial score (nSPS) is 13.7. The highest BCUT2D eigenvalue weighted by atomic mass is 16.5. The molecule has 0 saturated heterocycles. The molecule has 0 aliphatic carbocycles. The van der Waals surface area contributed by atoms with Crippen LogP contribution in [0, 0.1) is 11.8 Å². The number of aromatic nitrogens is 2. The van der Waals surface area contributed by atoms with Crippen molar-refractivity contribution in [1.29, 1.82) is 0 Å². The molecule has 0 amide bonds. The van der Waals surface area contributed by atoms with Gasteiger partial charge < -0.3 is 29.7 Å². The summed E-state index contributed by atoms with van der Waals surface area (Å²) < 4.78 is 7.26. The quantitative estimate of drug-likeness (QED) is 0.384. The Morgan fingerprint density at radius 3 is 2.22 bits per heavy atom. The molecule has 0 aliphatic heterocycles. The minimum Gasteiger partial charge on any atom is -0.493 e. The minimum atomic E-state index is -0.760. The van der Waals surface area contributed by atoms with E-state index in [-0.39, 0.29) is 13.2 Å². The maximum absolute atomic E-state index is 9.81. The van der Waals surface area contributed by atoms with Crippen LogP contribution in [-0.4, -0.2) is 55.9 Å². The van der Waals surface area contributed by atoms with Crippen LogP contribution in [0.1, 0.15) is 36.9 Å². The SMILES string of the molecule is CC(O)c1nccn1C(C#Cc1ccc(-c2ccc(OCCC(O)CO)cc2)cc1)CO. The third kappa shape index (κ3) is 6.19. The van der Waals surface area contributed by atoms with Gasteiger partial charge in [0.05, 0.1) is 25.9 Å². The molecule has 3 unspecified atom stereocenters. The highest BCUT2D eigenvalue weighted by Crippen LogP contribution is 2.23. The number of rotatable bonds is 9. The molecule has 4 N–H and O–H groups in total. The molecule has 0 radical (unpaired) electrons. The fourth-order valence-electron chi connectivity index (χ4n) is 3.18. The molecule has 0 saturated carbocycles. The molecule has 32 heavy (non-hydrogen) atoms. The van der Waals surface area contributed by atoms with Crippen LogP contribution in [0.2, 0.25) is 0 Å². The van der Waals surface area contributed by atoms with Crippen LogP contribution >= 0.6 is 0 Å². The highest BCUT2D eigenvalue weighted by Gasteiger charge is 2.14. The van der Waals surface area contributed by atoms with Gasteiger partial charge in [0.15, 0.2) is 0 Å². The molecule has 0 aliphatic rings. The average Bonchev–Trinajstić information content (AvgIpc) is 3.30. The Kier molecular flexibility index (Phi) is 8.42. The second-order valence-electron chi connectivity index (χ2n) is 7.41. The van der Waals surface area contributed by atoms with E-state index in [9.17, 15) is 15.3 Å². The van der Waals surface area contributed by atoms with E-state index in [0.29, 0.717) is 24.6 Å². The van der Waals surface area contributed by atoms with Crippen molar-refractivity contribution in [2.24, 2.45) is 0 Å². The summed E-state index contributed by atoms with van der Waals surface area (Å²) in [5.74, 6) is 7.29. The Morgan fingerprint density at radius 1 is 0.969 bits per heavy atom. The van der Waals surface area contributed by atoms with Crippen LogP contribution in [0.4, 0.5) is 0 Å². The van der Waals surface area contributed by atoms with E-state index in [1.165, 1.54) is 0 Å². The van der Waals surface area contributed by atoms with Crippen molar-refractivity contribution in [3.05, 3.63) is 72.3 Å². The van der Waals surface area contributed by atoms with Crippen molar-refractivity contribution in [2.45, 2.75) is 31.6 Å². The van der Waals surface area contributed by atoms with Crippen molar-refractivity contribution in [3.63, 3.8) is 0 Å². The molecule has 2 aromatic carbocycles. The van der Waals surface area contributed by atoms with E-state index in [1.54, 1.807) is 23.9 Å². The molecule has 0 spiro atoms. The van der Waals surface area contributed by atoms with Crippen LogP contribution in [0.5, 0.6) is 5.75 Å². The predicted octanol–water partition coefficient (Wildman–Crippen LogP) is 2.31. The van der Waals surface area contributed by atoms with Gasteiger partial charge in [-0.3, -0.25) is 0 Å². The van der Waals surface area contributed by atoms with Crippen LogP contribution in [-0.2, 0) is 0 Å². The van der Waals surface area contributed by atoms with Crippen molar-refractivity contribution in [3.8, 4) is 28.7 Å². The molecule has 3 atom stereocenters. The Labute approximate surface area is 187 Å². The van der Waals surface area contributed by atoms with Crippen LogP contribution in [0.3, 0.4) is 0 Å². The monoisotopic (exact) mass is 436 g/mol. The summed E-state index contributed by atoms with van der Waals surface area (Å²) in [4.78, 5) is 4.12. The van der Waals surface area contributed by atoms with Gasteiger partial charge in [0, 0.05) is 24.4 Å². The first-order valence-corrected chi connectivity index (χ1v) is 10.5. The first-order valence-electron chi connectivity index (χ1n) is 10.5. The number of aliphatic hydroxyl groups is 4. The van der Waals surface area contributed by atoms with E-state index in [2.05, 4.69) is 16.8 Å². The van der Waals surface area contributed by atoms with Gasteiger partial charge in [-0.1, -0.05) is 36.1 Å². The predicted molar refractivity (Wildman–Crippen MR) is 121 cm³/mol. The Balaban J connectivity index is 1.65. The summed E-state index contributed by atoms with van der Waals surface area (Å²) in [6.07, 6.45) is 2.14. The fourth-order valence-corrected chi connectivity index (χ4v) is 3.18. The first kappa shape index (κ1) is 23.5. The lowest BCUT2D eigenvalue weighted by Gasteiger charge is -2.14. The molecule has 1 aromatic heterocycles. The fraction of sp³-hybridized carbons (Fsp3) is 0.320. The molecule has 0 fully saturated rings. The molecule has 7 nitrogen and oxygen atoms in total. The number of imidazole rings is 1. The highest BCUT2D eigenvalue weighted by molar-refractivity contribution is 5.65. The van der Waals surface area contributed by atoms with E-state index >= 15 is 0 Å². The zero-order chi connectivity index (χ0) is 22.9. The molecule has 3 aromatic rings. The Morgan fingerprint density at radius 2 is 1.62 bits per heavy atom. The van der Waals surface area contributed by atoms with Crippen molar-refractivity contribution in [1.82, 2.24) is 9.55 Å². The van der Waals surface area contributed by atoms with Gasteiger partial charge in [0.25, 0.3) is 0 Å². The Hall–Kier alpha value is -3.15. The van der Waals surface area contributed by atoms with Gasteiger partial charge >= 0.3 is 0 Å². The Bertz CT molecular complexity index is 1030. The van der Waals surface area contributed by atoms with Crippen molar-refractivity contribution in [2.75, 3.05) is 19.8 Å². The summed E-state index contributed by atoms with van der Waals surface area (Å²) in [7, 11) is 0. The van der Waals surface area contributed by atoms with Gasteiger partial charge in [-0.05, 0) is 42.3 Å². The standard InChI is InChI=1S/C25H28N2O5/c1-18(30)25-26-13-14-27(25)22(16-28)9-4-19-2-5-20(6-3-19)21-7-10-24(11-8-21)32-15-12-23(31)17-29/h2-3,5-8,10-11,13-14,18,22-23,28-31H,12,15-17H2,1H3. The largest absolute Gasteiger partial charge is 0.493 e. The van der Waals surface area contributed by atoms with Gasteiger partial charge in [-0.2, -0.15) is 0 Å². The maximum atomic E-state index is 9.81. The molecular weight excluding hydrogens is 408 g/mol. The summed E-state index contributed by atoms with van der Waals surface area (Å²) >= 11 is 0. The number of nitrogens with zero attached hydrogens (tertiary/aromatic N) is 2. The van der Waals surface area contributed by atoms with Crippen molar-refractivity contribution < 1.29 is 25.2 Å². The van der Waals surface area contributed by atoms with Gasteiger partial charge in [0.1, 0.15) is 23.7 Å². The van der Waals surface area contributed by atoms with Crippen molar-refractivity contribution >= 4 is 0 Å². The van der Waals surface area contributed by atoms with Gasteiger partial charge in [-0.15, -0.1) is 0 Å². The zero-order valence-electron chi connectivity index (χ0n) is 17.9. The minimum absolute atomic E-state index is 0.186. The third-order valence-corrected chi connectivity index (χ3v) is 4.97. The van der Waals surface area contributed by atoms with E-state index < -0.39 is 18.2 Å². The van der Waals surface area contributed by atoms with E-state index in [1.807, 2.05) is 48.5 Å². The topological polar surface area (TPSA) is 108 Å². The lowest BCUT2D eigenvalue weighted by molar-refractivity contribution is 0.0754. The number of aliphatic hydroxyl groups excluding tert-OH is 4. The molecule has 3 rings (SSSR count). The third-order valence-electron chi connectivity index (χ3n) is 4.97. The lowest BCUT2D eigenvalue weighted by atomic mass is 10.0. The average molecular weight is 437 g/mol. The number of ether oxygens (including phenoxy) is 1. The molecule has 0 bridgehead atoms. The van der Waals surface area contributed by atoms with Gasteiger partial charge in [-0.25, -0.2) is 4.98 Å². The molecule has 7 heteroatoms. The maximum Gasteiger partial charge on any atom is 0.138 e. The first-order chi connectivity index (χ1) is 15.5. The van der Waals surface area contributed by atoms with Crippen LogP contribution in [0.15, 0.2) is 60.9 Å². The molecule has 1 heterocycles. The number of hydrogen-bond acceptors (Lipinski definition) is 6. The molecule has 168 valence electrons. The van der Waals surface area contributed by atoms with E-state index in [4.69, 9.17) is 9.84 Å². The zero-order valence-corrected chi connectivity index (χ0v) is 17.9. The number of benzene rings is 2. The van der Waals surface area contributed by atoms with Gasteiger partial charge in [0.2, 0.25) is 0 Å². The number of hydrogen-bond donors (Lipinski definition) is 4. The second-order valence-corrected chi connectivity index (χ2v) is 7.41. The lowest BCUT2D eigenvalue weighted by Crippen LogP contribution is -2.15. The van der Waals surface area contributed by atoms with Crippen LogP contribution in [0.25, 0.3) is 11.1 Å². The summed E-state index contributed by atoms with van der Waals surface area (Å²) in [6.45, 7) is 1.51. The van der Waals surface area contributed by atoms with Crippen LogP contribution < -0.4 is 4.74 Å². The summed E-state index contributed by atoms with van der Waals surface area (Å²) in [6, 6.07) is 14.9. The summed E-state index contributed by atoms with van der Waals surface area (Å²) in [5.41, 5.74) is 2.87.